The molecule has 4 rings (SSSR count). The SMILES string of the molecule is Nc1nc(N)c2c(OCC3CCN(S(=O)(=O)c4ccccc4F)CC3)cccc2n1. The second kappa shape index (κ2) is 8.04. The van der Waals surface area contributed by atoms with Gasteiger partial charge in [0.15, 0.2) is 0 Å². The summed E-state index contributed by atoms with van der Waals surface area (Å²) in [6, 6.07) is 10.8. The van der Waals surface area contributed by atoms with Crippen LogP contribution in [0.15, 0.2) is 47.4 Å². The standard InChI is InChI=1S/C20H22FN5O3S/c21-14-4-1-2-7-17(14)30(27,28)26-10-8-13(9-11-26)12-29-16-6-3-5-15-18(16)19(22)25-20(23)24-15/h1-7,13H,8-12H2,(H4,22,23,24,25). The Hall–Kier alpha value is -2.98. The number of aromatic nitrogens is 2. The van der Waals surface area contributed by atoms with Crippen molar-refractivity contribution in [3.63, 3.8) is 0 Å². The maximum Gasteiger partial charge on any atom is 0.245 e. The van der Waals surface area contributed by atoms with Gasteiger partial charge in [0, 0.05) is 13.1 Å². The fourth-order valence-corrected chi connectivity index (χ4v) is 5.17. The number of nitrogen functional groups attached to an aromatic ring is 2. The molecule has 0 amide bonds. The minimum atomic E-state index is -3.85. The van der Waals surface area contributed by atoms with Gasteiger partial charge < -0.3 is 16.2 Å². The minimum absolute atomic E-state index is 0.0978. The van der Waals surface area contributed by atoms with E-state index in [-0.39, 0.29) is 22.6 Å². The number of benzene rings is 2. The van der Waals surface area contributed by atoms with Gasteiger partial charge in [0.2, 0.25) is 16.0 Å². The Morgan fingerprint density at radius 1 is 1.07 bits per heavy atom. The molecule has 0 bridgehead atoms. The normalized spacial score (nSPS) is 16.0. The lowest BCUT2D eigenvalue weighted by molar-refractivity contribution is 0.186. The lowest BCUT2D eigenvalue weighted by atomic mass is 9.99. The number of hydrogen-bond donors (Lipinski definition) is 2. The molecule has 1 aliphatic rings. The van der Waals surface area contributed by atoms with Crippen LogP contribution in [0.3, 0.4) is 0 Å². The summed E-state index contributed by atoms with van der Waals surface area (Å²) in [5.74, 6) is 0.327. The Labute approximate surface area is 173 Å². The van der Waals surface area contributed by atoms with Gasteiger partial charge in [0.1, 0.15) is 22.3 Å². The van der Waals surface area contributed by atoms with Gasteiger partial charge in [0.05, 0.1) is 17.5 Å². The van der Waals surface area contributed by atoms with Crippen molar-refractivity contribution in [3.05, 3.63) is 48.3 Å². The predicted molar refractivity (Wildman–Crippen MR) is 112 cm³/mol. The van der Waals surface area contributed by atoms with Crippen LogP contribution in [0.5, 0.6) is 5.75 Å². The van der Waals surface area contributed by atoms with E-state index in [4.69, 9.17) is 16.2 Å². The lowest BCUT2D eigenvalue weighted by Gasteiger charge is -2.31. The van der Waals surface area contributed by atoms with Gasteiger partial charge in [-0.15, -0.1) is 0 Å². The van der Waals surface area contributed by atoms with Crippen LogP contribution in [-0.2, 0) is 10.0 Å². The molecule has 2 heterocycles. The van der Waals surface area contributed by atoms with E-state index in [2.05, 4.69) is 9.97 Å². The molecule has 1 saturated heterocycles. The number of anilines is 2. The Bertz CT molecular complexity index is 1180. The van der Waals surface area contributed by atoms with E-state index < -0.39 is 15.8 Å². The first-order chi connectivity index (χ1) is 14.4. The zero-order chi connectivity index (χ0) is 21.3. The third-order valence-electron chi connectivity index (χ3n) is 5.23. The molecule has 1 aliphatic heterocycles. The average Bonchev–Trinajstić information content (AvgIpc) is 2.72. The van der Waals surface area contributed by atoms with E-state index in [9.17, 15) is 12.8 Å². The zero-order valence-electron chi connectivity index (χ0n) is 16.2. The smallest absolute Gasteiger partial charge is 0.245 e. The summed E-state index contributed by atoms with van der Waals surface area (Å²) in [5, 5.41) is 0.603. The molecular formula is C20H22FN5O3S. The first-order valence-electron chi connectivity index (χ1n) is 9.55. The Morgan fingerprint density at radius 2 is 1.80 bits per heavy atom. The molecule has 0 atom stereocenters. The fraction of sp³-hybridized carbons (Fsp3) is 0.300. The summed E-state index contributed by atoms with van der Waals surface area (Å²) in [6.45, 7) is 1.01. The number of nitrogens with zero attached hydrogens (tertiary/aromatic N) is 3. The summed E-state index contributed by atoms with van der Waals surface area (Å²) in [7, 11) is -3.85. The van der Waals surface area contributed by atoms with Crippen LogP contribution >= 0.6 is 0 Å². The van der Waals surface area contributed by atoms with Gasteiger partial charge in [-0.25, -0.2) is 17.8 Å². The summed E-state index contributed by atoms with van der Waals surface area (Å²) in [5.41, 5.74) is 12.2. The molecule has 0 unspecified atom stereocenters. The molecule has 0 saturated carbocycles. The molecular weight excluding hydrogens is 409 g/mol. The van der Waals surface area contributed by atoms with Crippen molar-refractivity contribution in [2.75, 3.05) is 31.2 Å². The highest BCUT2D eigenvalue weighted by Gasteiger charge is 2.31. The highest BCUT2D eigenvalue weighted by Crippen LogP contribution is 2.31. The highest BCUT2D eigenvalue weighted by atomic mass is 32.2. The van der Waals surface area contributed by atoms with E-state index in [0.29, 0.717) is 49.2 Å². The summed E-state index contributed by atoms with van der Waals surface area (Å²) < 4.78 is 46.7. The van der Waals surface area contributed by atoms with Crippen molar-refractivity contribution < 1.29 is 17.5 Å². The minimum Gasteiger partial charge on any atom is -0.492 e. The van der Waals surface area contributed by atoms with Crippen LogP contribution < -0.4 is 16.2 Å². The van der Waals surface area contributed by atoms with Crippen molar-refractivity contribution >= 4 is 32.7 Å². The third-order valence-corrected chi connectivity index (χ3v) is 7.16. The number of piperidine rings is 1. The maximum atomic E-state index is 14.0. The molecule has 158 valence electrons. The van der Waals surface area contributed by atoms with E-state index in [0.717, 1.165) is 6.07 Å². The van der Waals surface area contributed by atoms with Gasteiger partial charge in [0.25, 0.3) is 0 Å². The van der Waals surface area contributed by atoms with Gasteiger partial charge in [-0.05, 0) is 43.0 Å². The molecule has 30 heavy (non-hydrogen) atoms. The summed E-state index contributed by atoms with van der Waals surface area (Å²) in [4.78, 5) is 7.87. The van der Waals surface area contributed by atoms with Gasteiger partial charge in [-0.1, -0.05) is 18.2 Å². The second-order valence-corrected chi connectivity index (χ2v) is 9.11. The van der Waals surface area contributed by atoms with Gasteiger partial charge >= 0.3 is 0 Å². The van der Waals surface area contributed by atoms with Crippen LogP contribution in [0.1, 0.15) is 12.8 Å². The monoisotopic (exact) mass is 431 g/mol. The molecule has 3 aromatic rings. The van der Waals surface area contributed by atoms with E-state index in [1.165, 1.54) is 22.5 Å². The molecule has 0 spiro atoms. The number of sulfonamides is 1. The number of fused-ring (bicyclic) bond motifs is 1. The van der Waals surface area contributed by atoms with Crippen molar-refractivity contribution in [1.82, 2.24) is 14.3 Å². The van der Waals surface area contributed by atoms with Crippen LogP contribution in [-0.4, -0.2) is 42.4 Å². The van der Waals surface area contributed by atoms with Crippen molar-refractivity contribution in [1.29, 1.82) is 0 Å². The van der Waals surface area contributed by atoms with E-state index >= 15 is 0 Å². The van der Waals surface area contributed by atoms with Crippen molar-refractivity contribution in [2.45, 2.75) is 17.7 Å². The summed E-state index contributed by atoms with van der Waals surface area (Å²) >= 11 is 0. The Kier molecular flexibility index (Phi) is 5.44. The fourth-order valence-electron chi connectivity index (χ4n) is 3.64. The molecule has 8 nitrogen and oxygen atoms in total. The topological polar surface area (TPSA) is 124 Å². The van der Waals surface area contributed by atoms with Gasteiger partial charge in [-0.3, -0.25) is 0 Å². The van der Waals surface area contributed by atoms with Crippen molar-refractivity contribution in [2.24, 2.45) is 5.92 Å². The number of ether oxygens (including phenoxy) is 1. The number of halogens is 1. The molecule has 0 aliphatic carbocycles. The maximum absolute atomic E-state index is 14.0. The second-order valence-electron chi connectivity index (χ2n) is 7.21. The number of nitrogens with two attached hydrogens (primary N) is 2. The molecule has 0 radical (unpaired) electrons. The molecule has 10 heteroatoms. The molecule has 4 N–H and O–H groups in total. The zero-order valence-corrected chi connectivity index (χ0v) is 17.0. The lowest BCUT2D eigenvalue weighted by Crippen LogP contribution is -2.40. The van der Waals surface area contributed by atoms with Crippen LogP contribution in [0, 0.1) is 11.7 Å². The third kappa shape index (κ3) is 3.88. The quantitative estimate of drug-likeness (QED) is 0.635. The first kappa shape index (κ1) is 20.3. The Morgan fingerprint density at radius 3 is 2.53 bits per heavy atom. The van der Waals surface area contributed by atoms with Crippen LogP contribution in [0.25, 0.3) is 10.9 Å². The largest absolute Gasteiger partial charge is 0.492 e. The highest BCUT2D eigenvalue weighted by molar-refractivity contribution is 7.89. The summed E-state index contributed by atoms with van der Waals surface area (Å²) in [6.07, 6.45) is 1.22. The van der Waals surface area contributed by atoms with Gasteiger partial charge in [-0.2, -0.15) is 9.29 Å². The molecule has 1 fully saturated rings. The number of hydrogen-bond acceptors (Lipinski definition) is 7. The molecule has 1 aromatic heterocycles. The van der Waals surface area contributed by atoms with Crippen LogP contribution in [0.4, 0.5) is 16.2 Å². The molecule has 2 aromatic carbocycles. The van der Waals surface area contributed by atoms with Crippen molar-refractivity contribution in [3.8, 4) is 5.75 Å². The van der Waals surface area contributed by atoms with Crippen LogP contribution in [0.2, 0.25) is 0 Å². The first-order valence-corrected chi connectivity index (χ1v) is 11.0. The number of rotatable bonds is 5. The predicted octanol–water partition coefficient (Wildman–Crippen LogP) is 2.41. The van der Waals surface area contributed by atoms with E-state index in [1.807, 2.05) is 0 Å². The average molecular weight is 431 g/mol. The Balaban J connectivity index is 1.42. The van der Waals surface area contributed by atoms with E-state index in [1.54, 1.807) is 18.2 Å².